The lowest BCUT2D eigenvalue weighted by molar-refractivity contribution is -0.119. The van der Waals surface area contributed by atoms with E-state index >= 15 is 0 Å². The smallest absolute Gasteiger partial charge is 0.217 e. The van der Waals surface area contributed by atoms with Gasteiger partial charge in [0.05, 0.1) is 11.3 Å². The molecule has 0 radical (unpaired) electrons. The zero-order chi connectivity index (χ0) is 12.3. The number of benzene rings is 1. The summed E-state index contributed by atoms with van der Waals surface area (Å²) in [6.07, 6.45) is 0.930. The third-order valence-electron chi connectivity index (χ3n) is 2.96. The van der Waals surface area contributed by atoms with Crippen molar-refractivity contribution in [1.29, 1.82) is 5.26 Å². The highest BCUT2D eigenvalue weighted by atomic mass is 16.1. The van der Waals surface area contributed by atoms with Crippen LogP contribution < -0.4 is 10.2 Å². The molecule has 1 aromatic carbocycles. The van der Waals surface area contributed by atoms with Crippen LogP contribution in [0, 0.1) is 11.3 Å². The first kappa shape index (κ1) is 11.5. The van der Waals surface area contributed by atoms with Crippen molar-refractivity contribution in [3.8, 4) is 6.07 Å². The van der Waals surface area contributed by atoms with Gasteiger partial charge in [-0.1, -0.05) is 12.1 Å². The van der Waals surface area contributed by atoms with Gasteiger partial charge in [0.2, 0.25) is 5.91 Å². The standard InChI is InChI=1S/C13H15N3O/c1-10(17)15-12-6-7-16(9-12)13-5-3-2-4-11(13)8-14/h2-5,12H,6-7,9H2,1H3,(H,15,17). The Balaban J connectivity index is 2.10. The molecule has 1 atom stereocenters. The van der Waals surface area contributed by atoms with Crippen LogP contribution in [0.5, 0.6) is 0 Å². The SMILES string of the molecule is CC(=O)NC1CCN(c2ccccc2C#N)C1. The molecule has 1 amide bonds. The van der Waals surface area contributed by atoms with Crippen LogP contribution in [-0.4, -0.2) is 25.0 Å². The molecule has 1 fully saturated rings. The molecule has 4 nitrogen and oxygen atoms in total. The Labute approximate surface area is 101 Å². The van der Waals surface area contributed by atoms with E-state index in [0.717, 1.165) is 25.2 Å². The highest BCUT2D eigenvalue weighted by molar-refractivity contribution is 5.73. The van der Waals surface area contributed by atoms with E-state index in [1.807, 2.05) is 24.3 Å². The first-order valence-electron chi connectivity index (χ1n) is 5.72. The molecule has 1 aromatic rings. The zero-order valence-electron chi connectivity index (χ0n) is 9.81. The number of carbonyl (C=O) groups excluding carboxylic acids is 1. The van der Waals surface area contributed by atoms with Crippen LogP contribution in [0.15, 0.2) is 24.3 Å². The van der Waals surface area contributed by atoms with Crippen LogP contribution in [0.2, 0.25) is 0 Å². The number of amides is 1. The Hall–Kier alpha value is -2.02. The van der Waals surface area contributed by atoms with Crippen molar-refractivity contribution in [3.63, 3.8) is 0 Å². The van der Waals surface area contributed by atoms with Gasteiger partial charge in [-0.2, -0.15) is 5.26 Å². The minimum Gasteiger partial charge on any atom is -0.368 e. The first-order chi connectivity index (χ1) is 8.20. The Kier molecular flexibility index (Phi) is 3.29. The molecule has 1 N–H and O–H groups in total. The monoisotopic (exact) mass is 229 g/mol. The van der Waals surface area contributed by atoms with Gasteiger partial charge in [0.25, 0.3) is 0 Å². The van der Waals surface area contributed by atoms with Crippen molar-refractivity contribution < 1.29 is 4.79 Å². The number of hydrogen-bond acceptors (Lipinski definition) is 3. The molecule has 88 valence electrons. The van der Waals surface area contributed by atoms with Crippen molar-refractivity contribution in [2.45, 2.75) is 19.4 Å². The zero-order valence-corrected chi connectivity index (χ0v) is 9.81. The second kappa shape index (κ2) is 4.88. The largest absolute Gasteiger partial charge is 0.368 e. The van der Waals surface area contributed by atoms with Gasteiger partial charge in [0.15, 0.2) is 0 Å². The Morgan fingerprint density at radius 1 is 1.53 bits per heavy atom. The third-order valence-corrected chi connectivity index (χ3v) is 2.96. The fourth-order valence-corrected chi connectivity index (χ4v) is 2.23. The van der Waals surface area contributed by atoms with E-state index in [-0.39, 0.29) is 11.9 Å². The van der Waals surface area contributed by atoms with Gasteiger partial charge in [0, 0.05) is 26.1 Å². The number of nitrogens with zero attached hydrogens (tertiary/aromatic N) is 2. The Bertz CT molecular complexity index is 464. The highest BCUT2D eigenvalue weighted by Crippen LogP contribution is 2.23. The molecule has 0 bridgehead atoms. The molecule has 0 aromatic heterocycles. The van der Waals surface area contributed by atoms with Crippen LogP contribution in [0.4, 0.5) is 5.69 Å². The summed E-state index contributed by atoms with van der Waals surface area (Å²) in [5.74, 6) is 0.00502. The number of anilines is 1. The topological polar surface area (TPSA) is 56.1 Å². The fourth-order valence-electron chi connectivity index (χ4n) is 2.23. The van der Waals surface area contributed by atoms with Crippen LogP contribution in [0.3, 0.4) is 0 Å². The second-order valence-corrected chi connectivity index (χ2v) is 4.26. The summed E-state index contributed by atoms with van der Waals surface area (Å²) in [5, 5.41) is 12.0. The average molecular weight is 229 g/mol. The quantitative estimate of drug-likeness (QED) is 0.831. The first-order valence-corrected chi connectivity index (χ1v) is 5.72. The average Bonchev–Trinajstić information content (AvgIpc) is 2.76. The number of para-hydroxylation sites is 1. The summed E-state index contributed by atoms with van der Waals surface area (Å²) in [6, 6.07) is 9.96. The van der Waals surface area contributed by atoms with Crippen molar-refractivity contribution >= 4 is 11.6 Å². The fraction of sp³-hybridized carbons (Fsp3) is 0.385. The minimum absolute atomic E-state index is 0.00502. The van der Waals surface area contributed by atoms with Gasteiger partial charge in [-0.3, -0.25) is 4.79 Å². The number of nitrogens with one attached hydrogen (secondary N) is 1. The Morgan fingerprint density at radius 3 is 3.00 bits per heavy atom. The Morgan fingerprint density at radius 2 is 2.29 bits per heavy atom. The van der Waals surface area contributed by atoms with Crippen molar-refractivity contribution in [2.24, 2.45) is 0 Å². The maximum atomic E-state index is 11.0. The van der Waals surface area contributed by atoms with Crippen molar-refractivity contribution in [2.75, 3.05) is 18.0 Å². The van der Waals surface area contributed by atoms with E-state index in [4.69, 9.17) is 5.26 Å². The van der Waals surface area contributed by atoms with Gasteiger partial charge in [0.1, 0.15) is 6.07 Å². The van der Waals surface area contributed by atoms with Gasteiger partial charge >= 0.3 is 0 Å². The predicted molar refractivity (Wildman–Crippen MR) is 65.6 cm³/mol. The molecule has 1 aliphatic rings. The summed E-state index contributed by atoms with van der Waals surface area (Å²) >= 11 is 0. The highest BCUT2D eigenvalue weighted by Gasteiger charge is 2.24. The number of rotatable bonds is 2. The van der Waals surface area contributed by atoms with E-state index in [1.54, 1.807) is 0 Å². The minimum atomic E-state index is 0.00502. The van der Waals surface area contributed by atoms with Crippen LogP contribution >= 0.6 is 0 Å². The molecule has 1 heterocycles. The summed E-state index contributed by atoms with van der Waals surface area (Å²) in [6.45, 7) is 3.19. The molecule has 0 aliphatic carbocycles. The molecular formula is C13H15N3O. The summed E-state index contributed by atoms with van der Waals surface area (Å²) in [4.78, 5) is 13.1. The number of hydrogen-bond donors (Lipinski definition) is 1. The van der Waals surface area contributed by atoms with Crippen molar-refractivity contribution in [3.05, 3.63) is 29.8 Å². The van der Waals surface area contributed by atoms with Crippen LogP contribution in [-0.2, 0) is 4.79 Å². The molecular weight excluding hydrogens is 214 g/mol. The van der Waals surface area contributed by atoms with Crippen molar-refractivity contribution in [1.82, 2.24) is 5.32 Å². The van der Waals surface area contributed by atoms with E-state index < -0.39 is 0 Å². The summed E-state index contributed by atoms with van der Waals surface area (Å²) in [7, 11) is 0. The lowest BCUT2D eigenvalue weighted by Gasteiger charge is -2.19. The third kappa shape index (κ3) is 2.56. The van der Waals surface area contributed by atoms with Gasteiger partial charge in [-0.25, -0.2) is 0 Å². The molecule has 2 rings (SSSR count). The van der Waals surface area contributed by atoms with Gasteiger partial charge in [-0.05, 0) is 18.6 Å². The summed E-state index contributed by atoms with van der Waals surface area (Å²) < 4.78 is 0. The molecule has 1 unspecified atom stereocenters. The lowest BCUT2D eigenvalue weighted by atomic mass is 10.2. The van der Waals surface area contributed by atoms with Crippen LogP contribution in [0.25, 0.3) is 0 Å². The van der Waals surface area contributed by atoms with Gasteiger partial charge < -0.3 is 10.2 Å². The molecule has 4 heteroatoms. The van der Waals surface area contributed by atoms with E-state index in [1.165, 1.54) is 6.92 Å². The lowest BCUT2D eigenvalue weighted by Crippen LogP contribution is -2.35. The van der Waals surface area contributed by atoms with E-state index in [9.17, 15) is 4.79 Å². The van der Waals surface area contributed by atoms with E-state index in [2.05, 4.69) is 16.3 Å². The summed E-state index contributed by atoms with van der Waals surface area (Å²) in [5.41, 5.74) is 1.65. The molecule has 17 heavy (non-hydrogen) atoms. The number of carbonyl (C=O) groups is 1. The normalized spacial score (nSPS) is 18.8. The number of nitriles is 1. The molecule has 1 aliphatic heterocycles. The van der Waals surface area contributed by atoms with Crippen LogP contribution in [0.1, 0.15) is 18.9 Å². The molecule has 0 spiro atoms. The molecule has 1 saturated heterocycles. The predicted octanol–water partition coefficient (Wildman–Crippen LogP) is 1.27. The maximum Gasteiger partial charge on any atom is 0.217 e. The van der Waals surface area contributed by atoms with E-state index in [0.29, 0.717) is 5.56 Å². The maximum absolute atomic E-state index is 11.0. The second-order valence-electron chi connectivity index (χ2n) is 4.26. The van der Waals surface area contributed by atoms with Gasteiger partial charge in [-0.15, -0.1) is 0 Å². The molecule has 0 saturated carbocycles.